The summed E-state index contributed by atoms with van der Waals surface area (Å²) in [6, 6.07) is 19.7. The van der Waals surface area contributed by atoms with Crippen molar-refractivity contribution in [3.05, 3.63) is 65.7 Å². The van der Waals surface area contributed by atoms with Gasteiger partial charge in [0.2, 0.25) is 0 Å². The quantitative estimate of drug-likeness (QED) is 0.834. The van der Waals surface area contributed by atoms with Crippen LogP contribution in [0, 0.1) is 0 Å². The summed E-state index contributed by atoms with van der Waals surface area (Å²) in [7, 11) is 0. The largest absolute Gasteiger partial charge is 0.494 e. The average molecular weight is 332 g/mol. The third kappa shape index (κ3) is 5.89. The fourth-order valence-electron chi connectivity index (χ4n) is 3.02. The lowest BCUT2D eigenvalue weighted by atomic mass is 10.0. The van der Waals surface area contributed by atoms with Gasteiger partial charge in [-0.2, -0.15) is 0 Å². The maximum Gasteiger partial charge on any atom is 0.119 e. The zero-order chi connectivity index (χ0) is 15.0. The monoisotopic (exact) mass is 331 g/mol. The molecule has 0 saturated carbocycles. The third-order valence-electron chi connectivity index (χ3n) is 4.32. The molecule has 1 heterocycles. The lowest BCUT2D eigenvalue weighted by molar-refractivity contribution is 0.268. The van der Waals surface area contributed by atoms with Gasteiger partial charge in [0.25, 0.3) is 0 Å². The molecule has 1 saturated heterocycles. The molecule has 0 aliphatic carbocycles. The van der Waals surface area contributed by atoms with Crippen LogP contribution < -0.4 is 10.1 Å². The molecule has 2 nitrogen and oxygen atoms in total. The minimum Gasteiger partial charge on any atom is -0.494 e. The molecule has 0 spiro atoms. The van der Waals surface area contributed by atoms with Crippen molar-refractivity contribution in [2.24, 2.45) is 0 Å². The maximum absolute atomic E-state index is 5.87. The van der Waals surface area contributed by atoms with E-state index >= 15 is 0 Å². The molecule has 0 aromatic heterocycles. The predicted molar refractivity (Wildman–Crippen MR) is 98.7 cm³/mol. The van der Waals surface area contributed by atoms with E-state index < -0.39 is 0 Å². The van der Waals surface area contributed by atoms with Gasteiger partial charge in [0.1, 0.15) is 5.75 Å². The number of benzene rings is 2. The Kier molecular flexibility index (Phi) is 7.44. The van der Waals surface area contributed by atoms with Crippen LogP contribution in [0.25, 0.3) is 0 Å². The first-order chi connectivity index (χ1) is 10.9. The Morgan fingerprint density at radius 3 is 2.35 bits per heavy atom. The molecular formula is C20H26ClNO. The molecule has 1 atom stereocenters. The molecule has 124 valence electrons. The van der Waals surface area contributed by atoms with Gasteiger partial charge in [0, 0.05) is 6.04 Å². The Morgan fingerprint density at radius 2 is 1.65 bits per heavy atom. The van der Waals surface area contributed by atoms with Crippen LogP contribution in [0.4, 0.5) is 0 Å². The van der Waals surface area contributed by atoms with Crippen LogP contribution in [-0.4, -0.2) is 19.2 Å². The van der Waals surface area contributed by atoms with E-state index in [1.165, 1.54) is 36.9 Å². The van der Waals surface area contributed by atoms with Crippen molar-refractivity contribution in [2.75, 3.05) is 13.2 Å². The van der Waals surface area contributed by atoms with Gasteiger partial charge < -0.3 is 10.1 Å². The summed E-state index contributed by atoms with van der Waals surface area (Å²) in [6.45, 7) is 1.97. The van der Waals surface area contributed by atoms with E-state index in [1.54, 1.807) is 0 Å². The summed E-state index contributed by atoms with van der Waals surface area (Å²) >= 11 is 0. The number of halogens is 1. The van der Waals surface area contributed by atoms with Crippen LogP contribution in [0.5, 0.6) is 5.75 Å². The molecule has 1 fully saturated rings. The van der Waals surface area contributed by atoms with E-state index in [1.807, 2.05) is 0 Å². The number of hydrogen-bond acceptors (Lipinski definition) is 2. The Labute approximate surface area is 145 Å². The van der Waals surface area contributed by atoms with E-state index in [0.717, 1.165) is 25.2 Å². The summed E-state index contributed by atoms with van der Waals surface area (Å²) in [4.78, 5) is 0. The van der Waals surface area contributed by atoms with Crippen molar-refractivity contribution in [2.45, 2.75) is 38.1 Å². The standard InChI is InChI=1S/C20H25NO.ClH/c1-2-6-17(7-3-1)16-18-9-11-20(12-10-18)22-15-13-19-8-4-5-14-21-19;/h1-3,6-7,9-12,19,21H,4-5,8,13-16H2;1H/t19-;/m0./s1. The average Bonchev–Trinajstić information content (AvgIpc) is 2.58. The van der Waals surface area contributed by atoms with Crippen LogP contribution in [0.1, 0.15) is 36.8 Å². The summed E-state index contributed by atoms with van der Waals surface area (Å²) in [6.07, 6.45) is 6.05. The van der Waals surface area contributed by atoms with Crippen LogP contribution in [0.15, 0.2) is 54.6 Å². The van der Waals surface area contributed by atoms with Crippen molar-refractivity contribution >= 4 is 12.4 Å². The molecule has 1 aliphatic heterocycles. The van der Waals surface area contributed by atoms with Gasteiger partial charge in [-0.05, 0) is 55.5 Å². The summed E-state index contributed by atoms with van der Waals surface area (Å²) < 4.78 is 5.87. The lowest BCUT2D eigenvalue weighted by Gasteiger charge is -2.23. The first-order valence-electron chi connectivity index (χ1n) is 8.39. The summed E-state index contributed by atoms with van der Waals surface area (Å²) in [5.41, 5.74) is 2.67. The zero-order valence-corrected chi connectivity index (χ0v) is 14.4. The fraction of sp³-hybridized carbons (Fsp3) is 0.400. The topological polar surface area (TPSA) is 21.3 Å². The van der Waals surface area contributed by atoms with Crippen LogP contribution in [0.3, 0.4) is 0 Å². The molecule has 3 heteroatoms. The van der Waals surface area contributed by atoms with Gasteiger partial charge in [-0.3, -0.25) is 0 Å². The smallest absolute Gasteiger partial charge is 0.119 e. The molecule has 0 radical (unpaired) electrons. The Morgan fingerprint density at radius 1 is 0.913 bits per heavy atom. The first-order valence-corrected chi connectivity index (χ1v) is 8.39. The van der Waals surface area contributed by atoms with E-state index in [4.69, 9.17) is 4.74 Å². The first kappa shape index (κ1) is 17.8. The highest BCUT2D eigenvalue weighted by molar-refractivity contribution is 5.85. The van der Waals surface area contributed by atoms with Crippen LogP contribution in [0.2, 0.25) is 0 Å². The molecular weight excluding hydrogens is 306 g/mol. The fourth-order valence-corrected chi connectivity index (χ4v) is 3.02. The van der Waals surface area contributed by atoms with E-state index in [0.29, 0.717) is 6.04 Å². The molecule has 23 heavy (non-hydrogen) atoms. The number of rotatable bonds is 6. The second-order valence-corrected chi connectivity index (χ2v) is 6.09. The molecule has 2 aromatic rings. The zero-order valence-electron chi connectivity index (χ0n) is 13.5. The molecule has 0 unspecified atom stereocenters. The maximum atomic E-state index is 5.87. The second-order valence-electron chi connectivity index (χ2n) is 6.09. The van der Waals surface area contributed by atoms with Crippen molar-refractivity contribution in [1.82, 2.24) is 5.32 Å². The normalized spacial score (nSPS) is 17.3. The van der Waals surface area contributed by atoms with Gasteiger partial charge in [0.15, 0.2) is 0 Å². The van der Waals surface area contributed by atoms with Crippen molar-refractivity contribution in [3.8, 4) is 5.75 Å². The van der Waals surface area contributed by atoms with E-state index in [9.17, 15) is 0 Å². The number of hydrogen-bond donors (Lipinski definition) is 1. The Hall–Kier alpha value is -1.51. The van der Waals surface area contributed by atoms with Gasteiger partial charge in [-0.25, -0.2) is 0 Å². The van der Waals surface area contributed by atoms with Crippen molar-refractivity contribution in [1.29, 1.82) is 0 Å². The Balaban J connectivity index is 0.00000192. The molecule has 0 amide bonds. The minimum atomic E-state index is 0. The molecule has 2 aromatic carbocycles. The number of ether oxygens (including phenoxy) is 1. The Bertz CT molecular complexity index is 550. The van der Waals surface area contributed by atoms with E-state index in [-0.39, 0.29) is 12.4 Å². The van der Waals surface area contributed by atoms with Gasteiger partial charge in [0.05, 0.1) is 6.61 Å². The van der Waals surface area contributed by atoms with E-state index in [2.05, 4.69) is 59.9 Å². The predicted octanol–water partition coefficient (Wildman–Crippen LogP) is 4.61. The number of piperidine rings is 1. The second kappa shape index (κ2) is 9.59. The van der Waals surface area contributed by atoms with Gasteiger partial charge >= 0.3 is 0 Å². The SMILES string of the molecule is Cl.c1ccc(Cc2ccc(OCC[C@@H]3CCCCN3)cc2)cc1. The molecule has 3 rings (SSSR count). The molecule has 1 aliphatic rings. The molecule has 0 bridgehead atoms. The molecule has 1 N–H and O–H groups in total. The lowest BCUT2D eigenvalue weighted by Crippen LogP contribution is -2.35. The van der Waals surface area contributed by atoms with Gasteiger partial charge in [-0.1, -0.05) is 48.9 Å². The van der Waals surface area contributed by atoms with Gasteiger partial charge in [-0.15, -0.1) is 12.4 Å². The van der Waals surface area contributed by atoms with Crippen molar-refractivity contribution in [3.63, 3.8) is 0 Å². The summed E-state index contributed by atoms with van der Waals surface area (Å²) in [5, 5.41) is 3.56. The number of nitrogens with one attached hydrogen (secondary N) is 1. The summed E-state index contributed by atoms with van der Waals surface area (Å²) in [5.74, 6) is 0.979. The third-order valence-corrected chi connectivity index (χ3v) is 4.32. The highest BCUT2D eigenvalue weighted by atomic mass is 35.5. The highest BCUT2D eigenvalue weighted by Gasteiger charge is 2.11. The minimum absolute atomic E-state index is 0. The van der Waals surface area contributed by atoms with Crippen LogP contribution >= 0.6 is 12.4 Å². The van der Waals surface area contributed by atoms with Crippen LogP contribution in [-0.2, 0) is 6.42 Å². The highest BCUT2D eigenvalue weighted by Crippen LogP contribution is 2.16. The van der Waals surface area contributed by atoms with Crippen molar-refractivity contribution < 1.29 is 4.74 Å².